The van der Waals surface area contributed by atoms with Gasteiger partial charge in [0.05, 0.1) is 6.42 Å². The Bertz CT molecular complexity index is 719. The Morgan fingerprint density at radius 1 is 1.22 bits per heavy atom. The van der Waals surface area contributed by atoms with Crippen LogP contribution in [0.5, 0.6) is 0 Å². The first-order valence-corrected chi connectivity index (χ1v) is 7.91. The summed E-state index contributed by atoms with van der Waals surface area (Å²) in [6, 6.07) is 1.18. The minimum absolute atomic E-state index is 0.165. The second kappa shape index (κ2) is 5.39. The monoisotopic (exact) mass is 435 g/mol. The van der Waals surface area contributed by atoms with Crippen molar-refractivity contribution in [3.8, 4) is 0 Å². The summed E-state index contributed by atoms with van der Waals surface area (Å²) < 4.78 is 28.6. The number of benzene rings is 1. The van der Waals surface area contributed by atoms with Gasteiger partial charge in [-0.3, -0.25) is 9.59 Å². The highest BCUT2D eigenvalue weighted by atomic mass is 127. The van der Waals surface area contributed by atoms with Crippen molar-refractivity contribution in [1.82, 2.24) is 10.2 Å². The molecule has 2 heterocycles. The summed E-state index contributed by atoms with van der Waals surface area (Å²) >= 11 is 1.73. The molecule has 3 rings (SSSR count). The van der Waals surface area contributed by atoms with Crippen LogP contribution in [-0.2, 0) is 9.59 Å². The van der Waals surface area contributed by atoms with Crippen LogP contribution in [0, 0.1) is 15.2 Å². The van der Waals surface area contributed by atoms with Gasteiger partial charge in [0.25, 0.3) is 0 Å². The van der Waals surface area contributed by atoms with Gasteiger partial charge in [-0.25, -0.2) is 18.5 Å². The average molecular weight is 435 g/mol. The Balaban J connectivity index is 2.08. The summed E-state index contributed by atoms with van der Waals surface area (Å²) in [5.74, 6) is -3.26. The molecule has 0 spiro atoms. The van der Waals surface area contributed by atoms with E-state index in [9.17, 15) is 23.2 Å². The number of rotatable bonds is 1. The number of hydrogen-bond acceptors (Lipinski definition) is 3. The van der Waals surface area contributed by atoms with Gasteiger partial charge in [-0.1, -0.05) is 0 Å². The molecule has 9 heteroatoms. The Morgan fingerprint density at radius 3 is 2.43 bits per heavy atom. The summed E-state index contributed by atoms with van der Waals surface area (Å²) in [7, 11) is 0. The molecule has 1 aromatic rings. The molecule has 0 radical (unpaired) electrons. The van der Waals surface area contributed by atoms with Gasteiger partial charge in [0.1, 0.15) is 11.2 Å². The number of nitrogens with one attached hydrogen (secondary N) is 1. The van der Waals surface area contributed by atoms with Crippen LogP contribution < -0.4 is 10.2 Å². The van der Waals surface area contributed by atoms with E-state index >= 15 is 0 Å². The molecule has 2 aliphatic rings. The predicted molar refractivity (Wildman–Crippen MR) is 84.7 cm³/mol. The molecule has 4 amide bonds. The van der Waals surface area contributed by atoms with Gasteiger partial charge in [0, 0.05) is 16.7 Å². The summed E-state index contributed by atoms with van der Waals surface area (Å²) in [6.45, 7) is 1.85. The average Bonchev–Trinajstić information content (AvgIpc) is 2.43. The number of fused-ring (bicyclic) bond motifs is 1. The smallest absolute Gasteiger partial charge is 0.332 e. The van der Waals surface area contributed by atoms with Crippen molar-refractivity contribution in [3.63, 3.8) is 0 Å². The maximum absolute atomic E-state index is 14.1. The normalized spacial score (nSPS) is 24.6. The van der Waals surface area contributed by atoms with Gasteiger partial charge in [-0.15, -0.1) is 0 Å². The van der Waals surface area contributed by atoms with E-state index in [2.05, 4.69) is 5.32 Å². The molecule has 6 nitrogen and oxygen atoms in total. The van der Waals surface area contributed by atoms with E-state index in [4.69, 9.17) is 0 Å². The number of anilines is 1. The van der Waals surface area contributed by atoms with E-state index in [1.54, 1.807) is 22.6 Å². The van der Waals surface area contributed by atoms with Crippen molar-refractivity contribution in [2.24, 2.45) is 0 Å². The zero-order valence-electron chi connectivity index (χ0n) is 12.0. The van der Waals surface area contributed by atoms with Crippen LogP contribution in [-0.4, -0.2) is 41.4 Å². The van der Waals surface area contributed by atoms with Crippen LogP contribution in [0.15, 0.2) is 12.1 Å². The molecular formula is C14H12F2IN3O3. The number of carbonyl (C=O) groups excluding carboxylic acids is 3. The second-order valence-electron chi connectivity index (χ2n) is 5.59. The predicted octanol–water partition coefficient (Wildman–Crippen LogP) is 1.62. The highest BCUT2D eigenvalue weighted by molar-refractivity contribution is 14.1. The number of imide groups is 1. The lowest BCUT2D eigenvalue weighted by Crippen LogP contribution is -2.72. The molecule has 1 N–H and O–H groups in total. The largest absolute Gasteiger partial charge is 0.352 e. The first-order valence-electron chi connectivity index (χ1n) is 6.83. The van der Waals surface area contributed by atoms with Crippen LogP contribution in [0.4, 0.5) is 19.3 Å². The van der Waals surface area contributed by atoms with Gasteiger partial charge in [-0.05, 0) is 41.6 Å². The molecule has 0 aliphatic carbocycles. The van der Waals surface area contributed by atoms with E-state index in [-0.39, 0.29) is 19.5 Å². The maximum Gasteiger partial charge on any atom is 0.332 e. The third-order valence-corrected chi connectivity index (χ3v) is 4.70. The van der Waals surface area contributed by atoms with Crippen molar-refractivity contribution >= 4 is 46.1 Å². The number of amides is 4. The van der Waals surface area contributed by atoms with Crippen LogP contribution in [0.2, 0.25) is 0 Å². The van der Waals surface area contributed by atoms with E-state index < -0.39 is 40.7 Å². The molecule has 0 bridgehead atoms. The van der Waals surface area contributed by atoms with Crippen molar-refractivity contribution in [1.29, 1.82) is 0 Å². The van der Waals surface area contributed by atoms with Gasteiger partial charge in [0.2, 0.25) is 11.8 Å². The SMILES string of the molecule is CC12CC(=O)N(c3c(F)cc(I)cc3F)C(=O)N1CCNC2=O. The van der Waals surface area contributed by atoms with Crippen LogP contribution in [0.3, 0.4) is 0 Å². The standard InChI is InChI=1S/C14H12F2IN3O3/c1-14-6-10(21)20(11-8(15)4-7(17)5-9(11)16)13(23)19(14)3-2-18-12(14)22/h4-5H,2-3,6H2,1H3,(H,18,22). The highest BCUT2D eigenvalue weighted by Gasteiger charge is 2.53. The number of hydrogen-bond donors (Lipinski definition) is 1. The van der Waals surface area contributed by atoms with Crippen molar-refractivity contribution in [2.45, 2.75) is 18.9 Å². The quantitative estimate of drug-likeness (QED) is 0.682. The third-order valence-electron chi connectivity index (χ3n) is 4.08. The zero-order valence-corrected chi connectivity index (χ0v) is 14.2. The number of halogens is 3. The Labute approximate surface area is 143 Å². The van der Waals surface area contributed by atoms with Crippen molar-refractivity contribution < 1.29 is 23.2 Å². The molecule has 0 aromatic heterocycles. The number of piperazine rings is 1. The van der Waals surface area contributed by atoms with Gasteiger partial charge < -0.3 is 10.2 Å². The van der Waals surface area contributed by atoms with Gasteiger partial charge in [-0.2, -0.15) is 0 Å². The molecule has 1 atom stereocenters. The fourth-order valence-electron chi connectivity index (χ4n) is 2.89. The molecule has 0 saturated carbocycles. The Hall–Kier alpha value is -1.78. The highest BCUT2D eigenvalue weighted by Crippen LogP contribution is 2.35. The Kier molecular flexibility index (Phi) is 3.77. The van der Waals surface area contributed by atoms with Crippen molar-refractivity contribution in [3.05, 3.63) is 27.3 Å². The van der Waals surface area contributed by atoms with Crippen LogP contribution in [0.1, 0.15) is 13.3 Å². The van der Waals surface area contributed by atoms with Crippen molar-refractivity contribution in [2.75, 3.05) is 18.0 Å². The molecular weight excluding hydrogens is 423 g/mol. The lowest BCUT2D eigenvalue weighted by molar-refractivity contribution is -0.140. The number of urea groups is 1. The molecule has 1 unspecified atom stereocenters. The zero-order chi connectivity index (χ0) is 16.9. The molecule has 2 saturated heterocycles. The first kappa shape index (κ1) is 16.1. The summed E-state index contributed by atoms with van der Waals surface area (Å²) in [6.07, 6.45) is -0.338. The van der Waals surface area contributed by atoms with Crippen LogP contribution >= 0.6 is 22.6 Å². The fraction of sp³-hybridized carbons (Fsp3) is 0.357. The summed E-state index contributed by atoms with van der Waals surface area (Å²) in [5.41, 5.74) is -2.03. The topological polar surface area (TPSA) is 69.7 Å². The minimum atomic E-state index is -1.33. The van der Waals surface area contributed by atoms with Crippen LogP contribution in [0.25, 0.3) is 0 Å². The fourth-order valence-corrected chi connectivity index (χ4v) is 3.44. The first-order chi connectivity index (χ1) is 10.8. The molecule has 122 valence electrons. The van der Waals surface area contributed by atoms with E-state index in [0.717, 1.165) is 12.1 Å². The molecule has 2 aliphatic heterocycles. The molecule has 1 aromatic carbocycles. The molecule has 2 fully saturated rings. The van der Waals surface area contributed by atoms with E-state index in [0.29, 0.717) is 8.47 Å². The summed E-state index contributed by atoms with van der Waals surface area (Å²) in [5, 5.41) is 2.59. The van der Waals surface area contributed by atoms with Gasteiger partial charge >= 0.3 is 6.03 Å². The summed E-state index contributed by atoms with van der Waals surface area (Å²) in [4.78, 5) is 38.7. The van der Waals surface area contributed by atoms with E-state index in [1.807, 2.05) is 0 Å². The lowest BCUT2D eigenvalue weighted by atomic mass is 9.89. The van der Waals surface area contributed by atoms with Gasteiger partial charge in [0.15, 0.2) is 11.6 Å². The molecule has 23 heavy (non-hydrogen) atoms. The van der Waals surface area contributed by atoms with E-state index in [1.165, 1.54) is 11.8 Å². The number of carbonyl (C=O) groups is 3. The second-order valence-corrected chi connectivity index (χ2v) is 6.83. The Morgan fingerprint density at radius 2 is 1.83 bits per heavy atom. The number of nitrogens with zero attached hydrogens (tertiary/aromatic N) is 2. The third kappa shape index (κ3) is 2.37. The maximum atomic E-state index is 14.1. The lowest BCUT2D eigenvalue weighted by Gasteiger charge is -2.48. The minimum Gasteiger partial charge on any atom is -0.352 e.